The molecule has 18 heavy (non-hydrogen) atoms. The molecule has 0 aliphatic rings. The number of nitrogens with two attached hydrogens (primary N) is 1. The fourth-order valence-electron chi connectivity index (χ4n) is 1.61. The fourth-order valence-corrected chi connectivity index (χ4v) is 1.61. The molecule has 3 nitrogen and oxygen atoms in total. The van der Waals surface area contributed by atoms with E-state index in [-0.39, 0.29) is 5.82 Å². The number of benzene rings is 1. The number of hydrogen-bond donors (Lipinski definition) is 1. The number of rotatable bonds is 7. The summed E-state index contributed by atoms with van der Waals surface area (Å²) in [5.41, 5.74) is 6.15. The molecule has 0 bridgehead atoms. The largest absolute Gasteiger partial charge is 0.491 e. The molecule has 0 aliphatic carbocycles. The zero-order valence-corrected chi connectivity index (χ0v) is 11.3. The Morgan fingerprint density at radius 2 is 1.94 bits per heavy atom. The van der Waals surface area contributed by atoms with E-state index in [9.17, 15) is 4.39 Å². The highest BCUT2D eigenvalue weighted by molar-refractivity contribution is 5.36. The molecule has 102 valence electrons. The van der Waals surface area contributed by atoms with Crippen LogP contribution in [0, 0.1) is 11.7 Å². The zero-order valence-electron chi connectivity index (χ0n) is 11.3. The molecule has 2 N–H and O–H groups in total. The lowest BCUT2D eigenvalue weighted by Crippen LogP contribution is -2.14. The van der Waals surface area contributed by atoms with Crippen molar-refractivity contribution in [3.63, 3.8) is 0 Å². The van der Waals surface area contributed by atoms with Crippen LogP contribution < -0.4 is 10.5 Å². The van der Waals surface area contributed by atoms with Gasteiger partial charge in [-0.1, -0.05) is 19.9 Å². The molecule has 1 rings (SSSR count). The van der Waals surface area contributed by atoms with E-state index in [1.807, 2.05) is 0 Å². The maximum Gasteiger partial charge on any atom is 0.131 e. The molecule has 1 aromatic carbocycles. The SMILES string of the molecule is CC(C)COCCOc1cccc(F)c1[C@@H](C)N. The molecule has 0 spiro atoms. The van der Waals surface area contributed by atoms with Gasteiger partial charge >= 0.3 is 0 Å². The fraction of sp³-hybridized carbons (Fsp3) is 0.571. The summed E-state index contributed by atoms with van der Waals surface area (Å²) in [4.78, 5) is 0. The molecule has 0 saturated heterocycles. The van der Waals surface area contributed by atoms with Crippen molar-refractivity contribution in [3.05, 3.63) is 29.6 Å². The molecule has 1 atom stereocenters. The van der Waals surface area contributed by atoms with Gasteiger partial charge in [-0.3, -0.25) is 0 Å². The minimum absolute atomic E-state index is 0.328. The topological polar surface area (TPSA) is 44.5 Å². The van der Waals surface area contributed by atoms with Crippen LogP contribution in [0.4, 0.5) is 4.39 Å². The van der Waals surface area contributed by atoms with Crippen molar-refractivity contribution in [2.45, 2.75) is 26.8 Å². The van der Waals surface area contributed by atoms with Gasteiger partial charge in [0, 0.05) is 18.2 Å². The molecule has 0 amide bonds. The van der Waals surface area contributed by atoms with E-state index < -0.39 is 6.04 Å². The summed E-state index contributed by atoms with van der Waals surface area (Å²) in [5, 5.41) is 0. The van der Waals surface area contributed by atoms with Gasteiger partial charge in [-0.2, -0.15) is 0 Å². The van der Waals surface area contributed by atoms with Crippen LogP contribution in [-0.4, -0.2) is 19.8 Å². The van der Waals surface area contributed by atoms with Crippen LogP contribution in [0.1, 0.15) is 32.4 Å². The van der Waals surface area contributed by atoms with Crippen LogP contribution in [0.3, 0.4) is 0 Å². The van der Waals surface area contributed by atoms with Crippen LogP contribution in [-0.2, 0) is 4.74 Å². The molecule has 4 heteroatoms. The van der Waals surface area contributed by atoms with Gasteiger partial charge in [0.1, 0.15) is 18.2 Å². The summed E-state index contributed by atoms with van der Waals surface area (Å²) in [7, 11) is 0. The van der Waals surface area contributed by atoms with Gasteiger partial charge in [0.25, 0.3) is 0 Å². The lowest BCUT2D eigenvalue weighted by atomic mass is 10.1. The first-order chi connectivity index (χ1) is 8.52. The standard InChI is InChI=1S/C14H22FNO2/c1-10(2)9-17-7-8-18-13-6-4-5-12(15)14(13)11(3)16/h4-6,10-11H,7-9,16H2,1-3H3/t11-/m1/s1. The van der Waals surface area contributed by atoms with Crippen molar-refractivity contribution in [2.24, 2.45) is 11.7 Å². The van der Waals surface area contributed by atoms with E-state index >= 15 is 0 Å². The van der Waals surface area contributed by atoms with E-state index in [1.54, 1.807) is 19.1 Å². The van der Waals surface area contributed by atoms with Crippen molar-refractivity contribution in [1.29, 1.82) is 0 Å². The Balaban J connectivity index is 2.49. The predicted octanol–water partition coefficient (Wildman–Crippen LogP) is 2.90. The smallest absolute Gasteiger partial charge is 0.131 e. The molecule has 0 heterocycles. The highest BCUT2D eigenvalue weighted by atomic mass is 19.1. The molecule has 1 aromatic rings. The third-order valence-electron chi connectivity index (χ3n) is 2.40. The number of halogens is 1. The zero-order chi connectivity index (χ0) is 13.5. The van der Waals surface area contributed by atoms with Crippen molar-refractivity contribution >= 4 is 0 Å². The quantitative estimate of drug-likeness (QED) is 0.762. The molecule has 0 aliphatic heterocycles. The van der Waals surface area contributed by atoms with Crippen molar-refractivity contribution in [3.8, 4) is 5.75 Å². The first-order valence-corrected chi connectivity index (χ1v) is 6.27. The molecule has 0 radical (unpaired) electrons. The maximum atomic E-state index is 13.6. The maximum absolute atomic E-state index is 13.6. The Morgan fingerprint density at radius 1 is 1.22 bits per heavy atom. The average Bonchev–Trinajstić information content (AvgIpc) is 2.27. The molecule has 0 aromatic heterocycles. The van der Waals surface area contributed by atoms with E-state index in [1.165, 1.54) is 6.07 Å². The van der Waals surface area contributed by atoms with E-state index in [0.717, 1.165) is 0 Å². The molecule has 0 unspecified atom stereocenters. The molecule has 0 fully saturated rings. The van der Waals surface area contributed by atoms with E-state index in [4.69, 9.17) is 15.2 Å². The van der Waals surface area contributed by atoms with Gasteiger partial charge in [0.2, 0.25) is 0 Å². The normalized spacial score (nSPS) is 12.8. The summed E-state index contributed by atoms with van der Waals surface area (Å²) < 4.78 is 24.5. The van der Waals surface area contributed by atoms with Crippen LogP contribution in [0.25, 0.3) is 0 Å². The van der Waals surface area contributed by atoms with Crippen LogP contribution >= 0.6 is 0 Å². The van der Waals surface area contributed by atoms with E-state index in [0.29, 0.717) is 37.1 Å². The summed E-state index contributed by atoms with van der Waals surface area (Å²) in [6.07, 6.45) is 0. The van der Waals surface area contributed by atoms with Crippen molar-refractivity contribution in [1.82, 2.24) is 0 Å². The minimum Gasteiger partial charge on any atom is -0.491 e. The summed E-state index contributed by atoms with van der Waals surface area (Å²) in [5.74, 6) is 0.669. The number of hydrogen-bond acceptors (Lipinski definition) is 3. The molecular weight excluding hydrogens is 233 g/mol. The van der Waals surface area contributed by atoms with Crippen molar-refractivity contribution < 1.29 is 13.9 Å². The summed E-state index contributed by atoms with van der Waals surface area (Å²) in [6, 6.07) is 4.34. The highest BCUT2D eigenvalue weighted by Gasteiger charge is 2.13. The van der Waals surface area contributed by atoms with Gasteiger partial charge in [-0.15, -0.1) is 0 Å². The first-order valence-electron chi connectivity index (χ1n) is 6.27. The van der Waals surface area contributed by atoms with E-state index in [2.05, 4.69) is 13.8 Å². The second-order valence-electron chi connectivity index (χ2n) is 4.76. The average molecular weight is 255 g/mol. The Bertz CT molecular complexity index is 367. The second-order valence-corrected chi connectivity index (χ2v) is 4.76. The van der Waals surface area contributed by atoms with Gasteiger partial charge in [0.05, 0.1) is 6.61 Å². The molecular formula is C14H22FNO2. The molecule has 0 saturated carbocycles. The third-order valence-corrected chi connectivity index (χ3v) is 2.40. The number of ether oxygens (including phenoxy) is 2. The summed E-state index contributed by atoms with van der Waals surface area (Å²) in [6.45, 7) is 7.50. The lowest BCUT2D eigenvalue weighted by molar-refractivity contribution is 0.0814. The lowest BCUT2D eigenvalue weighted by Gasteiger charge is -2.15. The predicted molar refractivity (Wildman–Crippen MR) is 70.2 cm³/mol. The highest BCUT2D eigenvalue weighted by Crippen LogP contribution is 2.26. The van der Waals surface area contributed by atoms with Crippen LogP contribution in [0.15, 0.2) is 18.2 Å². The van der Waals surface area contributed by atoms with Crippen LogP contribution in [0.5, 0.6) is 5.75 Å². The third kappa shape index (κ3) is 4.63. The Kier molecular flexibility index (Phi) is 6.09. The monoisotopic (exact) mass is 255 g/mol. The summed E-state index contributed by atoms with van der Waals surface area (Å²) >= 11 is 0. The Morgan fingerprint density at radius 3 is 2.56 bits per heavy atom. The van der Waals surface area contributed by atoms with Crippen LogP contribution in [0.2, 0.25) is 0 Å². The van der Waals surface area contributed by atoms with Gasteiger partial charge in [-0.25, -0.2) is 4.39 Å². The Labute approximate surface area is 108 Å². The van der Waals surface area contributed by atoms with Gasteiger partial charge in [0.15, 0.2) is 0 Å². The minimum atomic E-state index is -0.391. The van der Waals surface area contributed by atoms with Crippen molar-refractivity contribution in [2.75, 3.05) is 19.8 Å². The first kappa shape index (κ1) is 14.9. The van der Waals surface area contributed by atoms with Gasteiger partial charge < -0.3 is 15.2 Å². The second kappa shape index (κ2) is 7.34. The van der Waals surface area contributed by atoms with Gasteiger partial charge in [-0.05, 0) is 25.0 Å². The Hall–Kier alpha value is -1.13.